The van der Waals surface area contributed by atoms with Gasteiger partial charge < -0.3 is 38.5 Å². The van der Waals surface area contributed by atoms with Crippen LogP contribution >= 0.6 is 91.8 Å². The Morgan fingerprint density at radius 1 is 0.341 bits per heavy atom. The largest absolute Gasteiger partial charge is 0.363 e. The summed E-state index contributed by atoms with van der Waals surface area (Å²) >= 11 is 31.3. The maximum Gasteiger partial charge on any atom is 0.254 e. The van der Waals surface area contributed by atoms with Crippen LogP contribution in [-0.2, 0) is 64.3 Å². The number of benzene rings is 4. The lowest BCUT2D eigenvalue weighted by molar-refractivity contribution is -0.134. The second-order valence-electron chi connectivity index (χ2n) is 23.5. The third-order valence-corrected chi connectivity index (χ3v) is 22.7. The van der Waals surface area contributed by atoms with E-state index in [9.17, 15) is 19.2 Å². The summed E-state index contributed by atoms with van der Waals surface area (Å²) < 4.78 is 23.8. The van der Waals surface area contributed by atoms with Crippen molar-refractivity contribution in [1.82, 2.24) is 19.6 Å². The van der Waals surface area contributed by atoms with Gasteiger partial charge in [0.05, 0.1) is 70.0 Å². The molecule has 0 unspecified atom stereocenters. The number of rotatable bonds is 8. The van der Waals surface area contributed by atoms with E-state index in [0.717, 1.165) is 17.3 Å². The van der Waals surface area contributed by atoms with Crippen LogP contribution in [0.25, 0.3) is 0 Å². The molecule has 4 aromatic heterocycles. The molecule has 456 valence electrons. The van der Waals surface area contributed by atoms with Crippen molar-refractivity contribution >= 4 is 115 Å². The molecule has 0 aliphatic carbocycles. The zero-order valence-electron chi connectivity index (χ0n) is 48.9. The van der Waals surface area contributed by atoms with Crippen LogP contribution in [0, 0.1) is 27.7 Å². The van der Waals surface area contributed by atoms with Gasteiger partial charge in [0.2, 0.25) is 0 Å². The maximum atomic E-state index is 12.4. The topological polar surface area (TPSA) is 131 Å². The number of thiophene rings is 4. The average molecular weight is 1340 g/mol. The quantitative estimate of drug-likeness (QED) is 0.137. The summed E-state index contributed by atoms with van der Waals surface area (Å²) in [6, 6.07) is 41.7. The van der Waals surface area contributed by atoms with E-state index in [1.54, 1.807) is 45.3 Å². The molecule has 8 atom stereocenters. The van der Waals surface area contributed by atoms with Crippen molar-refractivity contribution < 1.29 is 38.1 Å². The van der Waals surface area contributed by atoms with Gasteiger partial charge in [-0.25, -0.2) is 0 Å². The predicted molar refractivity (Wildman–Crippen MR) is 350 cm³/mol. The lowest BCUT2D eigenvalue weighted by Gasteiger charge is -2.33. The highest BCUT2D eigenvalue weighted by Gasteiger charge is 2.43. The van der Waals surface area contributed by atoms with E-state index in [-0.39, 0.29) is 71.7 Å². The van der Waals surface area contributed by atoms with Crippen LogP contribution in [0.1, 0.15) is 110 Å². The van der Waals surface area contributed by atoms with Gasteiger partial charge in [-0.15, -0.1) is 45.3 Å². The number of amides is 4. The summed E-state index contributed by atoms with van der Waals surface area (Å²) in [5.41, 5.74) is 15.1. The highest BCUT2D eigenvalue weighted by molar-refractivity contribution is 7.17. The Bertz CT molecular complexity index is 3460. The lowest BCUT2D eigenvalue weighted by Crippen LogP contribution is -2.40. The molecule has 12 heterocycles. The lowest BCUT2D eigenvalue weighted by atomic mass is 9.86. The number of epoxide rings is 4. The molecule has 0 saturated carbocycles. The Labute approximate surface area is 548 Å². The second-order valence-corrected chi connectivity index (χ2v) is 30.6. The van der Waals surface area contributed by atoms with Gasteiger partial charge in [-0.05, 0) is 119 Å². The standard InChI is InChI=1S/4C17H16ClNO2S/c4*1-10-4-2-3-5-11(10)13-7-19(17(20)14-9-21-14)8-15-12(13)6-16(18)22-15/h4*2-6,13-14H,7-9H2,1H3/t2*13-,14+;2*13-,14-/m1010/s1. The molecule has 8 aliphatic rings. The van der Waals surface area contributed by atoms with Gasteiger partial charge in [0.15, 0.2) is 24.4 Å². The number of aryl methyl sites for hydroxylation is 4. The summed E-state index contributed by atoms with van der Waals surface area (Å²) in [5.74, 6) is 1.19. The first kappa shape index (κ1) is 61.4. The monoisotopic (exact) mass is 1330 g/mol. The van der Waals surface area contributed by atoms with Crippen molar-refractivity contribution in [3.8, 4) is 0 Å². The highest BCUT2D eigenvalue weighted by atomic mass is 35.5. The third kappa shape index (κ3) is 13.5. The molecule has 0 spiro atoms. The van der Waals surface area contributed by atoms with E-state index in [1.807, 2.05) is 43.9 Å². The Morgan fingerprint density at radius 3 is 0.716 bits per heavy atom. The van der Waals surface area contributed by atoms with Crippen LogP contribution < -0.4 is 0 Å². The summed E-state index contributed by atoms with van der Waals surface area (Å²) in [4.78, 5) is 62.1. The number of halogens is 4. The Balaban J connectivity index is 0.000000108. The van der Waals surface area contributed by atoms with Gasteiger partial charge in [-0.3, -0.25) is 19.2 Å². The number of hydrogen-bond donors (Lipinski definition) is 0. The van der Waals surface area contributed by atoms with Crippen molar-refractivity contribution in [3.05, 3.63) is 225 Å². The molecule has 4 fully saturated rings. The Kier molecular flexibility index (Phi) is 18.2. The van der Waals surface area contributed by atoms with Crippen molar-refractivity contribution in [3.63, 3.8) is 0 Å². The van der Waals surface area contributed by atoms with Crippen molar-refractivity contribution in [2.75, 3.05) is 52.6 Å². The van der Waals surface area contributed by atoms with E-state index in [0.29, 0.717) is 78.8 Å². The van der Waals surface area contributed by atoms with Crippen LogP contribution in [0.4, 0.5) is 0 Å². The molecule has 8 aromatic rings. The molecule has 8 aliphatic heterocycles. The second kappa shape index (κ2) is 26.0. The van der Waals surface area contributed by atoms with Crippen LogP contribution in [0.3, 0.4) is 0 Å². The first-order valence-corrected chi connectivity index (χ1v) is 34.3. The number of carbonyl (C=O) groups excluding carboxylic acids is 4. The summed E-state index contributed by atoms with van der Waals surface area (Å²) in [6.45, 7) is 16.1. The maximum absolute atomic E-state index is 12.4. The summed E-state index contributed by atoms with van der Waals surface area (Å²) in [5, 5.41) is 0. The van der Waals surface area contributed by atoms with Crippen LogP contribution in [0.15, 0.2) is 121 Å². The molecular weight excluding hydrogens is 1270 g/mol. The zero-order chi connectivity index (χ0) is 61.1. The van der Waals surface area contributed by atoms with E-state index in [4.69, 9.17) is 65.4 Å². The minimum absolute atomic E-state index is 0.105. The Morgan fingerprint density at radius 2 is 0.534 bits per heavy atom. The fourth-order valence-corrected chi connectivity index (χ4v) is 18.2. The first-order chi connectivity index (χ1) is 42.5. The summed E-state index contributed by atoms with van der Waals surface area (Å²) in [6.07, 6.45) is -0.909. The summed E-state index contributed by atoms with van der Waals surface area (Å²) in [7, 11) is 0. The smallest absolute Gasteiger partial charge is 0.254 e. The molecule has 4 aromatic carbocycles. The number of carbonyl (C=O) groups is 4. The van der Waals surface area contributed by atoms with Crippen LogP contribution in [0.2, 0.25) is 17.3 Å². The van der Waals surface area contributed by atoms with Crippen molar-refractivity contribution in [1.29, 1.82) is 0 Å². The number of hydrogen-bond acceptors (Lipinski definition) is 12. The highest BCUT2D eigenvalue weighted by Crippen LogP contribution is 2.46. The SMILES string of the molecule is Cc1ccccc1[C@@H]1CN(C(=O)[C@@H]2CO2)Cc2sc(Cl)cc21.Cc1ccccc1[C@@H]1CN(C(=O)[C@H]2CO2)Cc2sc(Cl)cc21.Cc1ccccc1[C@H]1CN(C(=O)[C@@H]2CO2)Cc2sc(Cl)cc21.Cc1ccccc1[C@H]1CN(C(=O)[C@H]2CO2)Cc2sc(Cl)cc21. The Hall–Kier alpha value is -5.44. The van der Waals surface area contributed by atoms with Gasteiger partial charge in [-0.2, -0.15) is 0 Å². The minimum atomic E-state index is -0.227. The van der Waals surface area contributed by atoms with Crippen LogP contribution in [-0.4, -0.2) is 120 Å². The molecule has 16 rings (SSSR count). The van der Waals surface area contributed by atoms with E-state index in [1.165, 1.54) is 86.3 Å². The molecule has 4 amide bonds. The number of fused-ring (bicyclic) bond motifs is 4. The van der Waals surface area contributed by atoms with Crippen molar-refractivity contribution in [2.24, 2.45) is 0 Å². The molecular formula is C68H64Cl4N4O8S4. The van der Waals surface area contributed by atoms with Gasteiger partial charge >= 0.3 is 0 Å². The van der Waals surface area contributed by atoms with Crippen molar-refractivity contribution in [2.45, 2.75) is 102 Å². The molecule has 12 nitrogen and oxygen atoms in total. The van der Waals surface area contributed by atoms with Crippen LogP contribution in [0.5, 0.6) is 0 Å². The molecule has 20 heteroatoms. The molecule has 0 radical (unpaired) electrons. The van der Waals surface area contributed by atoms with Gasteiger partial charge in [0.25, 0.3) is 23.6 Å². The van der Waals surface area contributed by atoms with Gasteiger partial charge in [0.1, 0.15) is 0 Å². The van der Waals surface area contributed by atoms with Gasteiger partial charge in [0, 0.05) is 69.4 Å². The number of ether oxygens (including phenoxy) is 4. The van der Waals surface area contributed by atoms with E-state index < -0.39 is 0 Å². The van der Waals surface area contributed by atoms with E-state index >= 15 is 0 Å². The molecule has 0 N–H and O–H groups in total. The molecule has 0 bridgehead atoms. The zero-order valence-corrected chi connectivity index (χ0v) is 55.1. The van der Waals surface area contributed by atoms with Gasteiger partial charge in [-0.1, -0.05) is 143 Å². The first-order valence-electron chi connectivity index (χ1n) is 29.5. The normalized spacial score (nSPS) is 23.3. The fourth-order valence-electron chi connectivity index (χ4n) is 12.8. The van der Waals surface area contributed by atoms with E-state index in [2.05, 4.69) is 125 Å². The number of nitrogens with zero attached hydrogens (tertiary/aromatic N) is 4. The minimum Gasteiger partial charge on any atom is -0.363 e. The molecule has 88 heavy (non-hydrogen) atoms. The average Bonchev–Trinajstić information content (AvgIpc) is 2.74. The third-order valence-electron chi connectivity index (χ3n) is 17.6. The molecule has 4 saturated heterocycles. The fraction of sp³-hybridized carbons (Fsp3) is 0.353. The predicted octanol–water partition coefficient (Wildman–Crippen LogP) is 14.3.